The molecule has 12 atom stereocenters. The molecule has 2 saturated heterocycles. The van der Waals surface area contributed by atoms with Crippen LogP contribution < -0.4 is 5.32 Å². The second-order valence-electron chi connectivity index (χ2n) is 15.8. The molecule has 0 aromatic carbocycles. The maximum Gasteiger partial charge on any atom is 0.220 e. The number of nitrogens with one attached hydrogen (secondary N) is 1. The third-order valence-corrected chi connectivity index (χ3v) is 10.5. The van der Waals surface area contributed by atoms with Crippen LogP contribution in [0.4, 0.5) is 0 Å². The second-order valence-corrected chi connectivity index (χ2v) is 15.8. The number of ether oxygens (including phenoxy) is 4. The number of unbranched alkanes of at least 4 members (excludes halogenated alkanes) is 5. The molecule has 12 unspecified atom stereocenters. The van der Waals surface area contributed by atoms with Gasteiger partial charge in [-0.15, -0.1) is 0 Å². The molecule has 0 bridgehead atoms. The zero-order valence-electron chi connectivity index (χ0n) is 37.5. The minimum Gasteiger partial charge on any atom is -0.394 e. The summed E-state index contributed by atoms with van der Waals surface area (Å²) in [6.45, 7) is 2.49. The summed E-state index contributed by atoms with van der Waals surface area (Å²) in [7, 11) is 0. The molecular formula is C49H79NO13. The lowest BCUT2D eigenvalue weighted by Gasteiger charge is -2.46. The van der Waals surface area contributed by atoms with Crippen molar-refractivity contribution < 1.29 is 64.6 Å². The lowest BCUT2D eigenvalue weighted by atomic mass is 9.97. The van der Waals surface area contributed by atoms with Crippen molar-refractivity contribution >= 4 is 5.91 Å². The van der Waals surface area contributed by atoms with Crippen LogP contribution in [0.2, 0.25) is 0 Å². The number of amides is 1. The average Bonchev–Trinajstić information content (AvgIpc) is 3.28. The van der Waals surface area contributed by atoms with Gasteiger partial charge in [0, 0.05) is 6.42 Å². The molecule has 0 spiro atoms. The number of carbonyl (C=O) groups excluding carboxylic acids is 1. The summed E-state index contributed by atoms with van der Waals surface area (Å²) >= 11 is 0. The topological polar surface area (TPSA) is 228 Å². The second kappa shape index (κ2) is 35.2. The number of hydrogen-bond donors (Lipinski definition) is 9. The molecule has 63 heavy (non-hydrogen) atoms. The van der Waals surface area contributed by atoms with Crippen molar-refractivity contribution in [2.75, 3.05) is 19.8 Å². The van der Waals surface area contributed by atoms with Gasteiger partial charge in [-0.3, -0.25) is 4.79 Å². The molecule has 2 heterocycles. The van der Waals surface area contributed by atoms with Gasteiger partial charge in [0.25, 0.3) is 0 Å². The molecule has 2 fully saturated rings. The molecule has 2 aliphatic rings. The molecule has 14 heteroatoms. The van der Waals surface area contributed by atoms with E-state index < -0.39 is 86.8 Å². The molecule has 0 saturated carbocycles. The standard InChI is InChI=1S/C49H79NO13/c1-3-5-7-9-11-13-14-15-16-17-18-19-20-21-22-23-24-25-27-29-31-33-41(54)50-37(38(53)32-30-28-26-12-10-8-6-4-2)36-60-48-46(59)44(57)47(40(35-52)62-48)63-49-45(58)43(56)42(55)39(34-51)61-49/h5,7,10-13,15-16,18-19,21-22,24-25,30,32,37-40,42-49,51-53,55-59H,3-4,6,8-9,14,17,20,23,26-29,31,33-36H2,1-2H3,(H,50,54)/b7-5-,12-10+,13-11-,16-15-,19-18-,22-21-,25-24-,32-30+. The first-order valence-corrected chi connectivity index (χ1v) is 23.0. The predicted molar refractivity (Wildman–Crippen MR) is 244 cm³/mol. The van der Waals surface area contributed by atoms with Gasteiger partial charge in [0.15, 0.2) is 12.6 Å². The molecule has 0 radical (unpaired) electrons. The van der Waals surface area contributed by atoms with Crippen LogP contribution in [0.1, 0.15) is 110 Å². The SMILES string of the molecule is CC/C=C\C/C=C\C/C=C\C/C=C\C/C=C\C/C=C\CCCCC(=O)NC(COC1OC(CO)C(OC2OC(CO)C(O)C(O)C2O)C(O)C1O)C(O)/C=C/CC/C=C/CCCC. The molecule has 14 nitrogen and oxygen atoms in total. The Morgan fingerprint density at radius 3 is 1.68 bits per heavy atom. The highest BCUT2D eigenvalue weighted by atomic mass is 16.7. The summed E-state index contributed by atoms with van der Waals surface area (Å²) in [5, 5.41) is 86.2. The Labute approximate surface area is 375 Å². The number of allylic oxidation sites excluding steroid dienone is 15. The van der Waals surface area contributed by atoms with Crippen molar-refractivity contribution in [1.82, 2.24) is 5.32 Å². The first-order valence-electron chi connectivity index (χ1n) is 23.0. The van der Waals surface area contributed by atoms with E-state index in [1.54, 1.807) is 6.08 Å². The summed E-state index contributed by atoms with van der Waals surface area (Å²) < 4.78 is 22.5. The van der Waals surface area contributed by atoms with E-state index in [1.807, 2.05) is 6.08 Å². The Balaban J connectivity index is 1.86. The van der Waals surface area contributed by atoms with Gasteiger partial charge in [-0.05, 0) is 77.0 Å². The minimum atomic E-state index is -1.80. The van der Waals surface area contributed by atoms with Crippen molar-refractivity contribution in [2.45, 2.75) is 184 Å². The zero-order valence-corrected chi connectivity index (χ0v) is 37.5. The smallest absolute Gasteiger partial charge is 0.220 e. The van der Waals surface area contributed by atoms with Gasteiger partial charge < -0.3 is 65.1 Å². The molecule has 358 valence electrons. The minimum absolute atomic E-state index is 0.211. The average molecular weight is 890 g/mol. The van der Waals surface area contributed by atoms with Crippen LogP contribution in [0.5, 0.6) is 0 Å². The van der Waals surface area contributed by atoms with Crippen LogP contribution in [0.3, 0.4) is 0 Å². The molecule has 0 aliphatic carbocycles. The van der Waals surface area contributed by atoms with E-state index in [1.165, 1.54) is 0 Å². The molecule has 0 aromatic heterocycles. The van der Waals surface area contributed by atoms with Gasteiger partial charge >= 0.3 is 0 Å². The number of aliphatic hydroxyl groups excluding tert-OH is 8. The fourth-order valence-corrected chi connectivity index (χ4v) is 6.70. The fraction of sp³-hybridized carbons (Fsp3) is 0.653. The molecular weight excluding hydrogens is 811 g/mol. The third kappa shape index (κ3) is 23.1. The third-order valence-electron chi connectivity index (χ3n) is 10.5. The Hall–Kier alpha value is -3.09. The highest BCUT2D eigenvalue weighted by Gasteiger charge is 2.50. The van der Waals surface area contributed by atoms with Crippen LogP contribution in [-0.2, 0) is 23.7 Å². The lowest BCUT2D eigenvalue weighted by Crippen LogP contribution is -2.65. The van der Waals surface area contributed by atoms with Gasteiger partial charge in [0.1, 0.15) is 48.8 Å². The summed E-state index contributed by atoms with van der Waals surface area (Å²) in [5.41, 5.74) is 0. The van der Waals surface area contributed by atoms with Crippen molar-refractivity contribution in [3.8, 4) is 0 Å². The summed E-state index contributed by atoms with van der Waals surface area (Å²) in [5.74, 6) is -0.302. The molecule has 2 aliphatic heterocycles. The normalized spacial score (nSPS) is 28.4. The molecule has 9 N–H and O–H groups in total. The Morgan fingerprint density at radius 2 is 1.10 bits per heavy atom. The van der Waals surface area contributed by atoms with Gasteiger partial charge in [-0.25, -0.2) is 0 Å². The largest absolute Gasteiger partial charge is 0.394 e. The van der Waals surface area contributed by atoms with Crippen molar-refractivity contribution in [1.29, 1.82) is 0 Å². The highest BCUT2D eigenvalue weighted by Crippen LogP contribution is 2.29. The highest BCUT2D eigenvalue weighted by molar-refractivity contribution is 5.76. The summed E-state index contributed by atoms with van der Waals surface area (Å²) in [6, 6.07) is -0.958. The van der Waals surface area contributed by atoms with E-state index in [0.717, 1.165) is 77.0 Å². The van der Waals surface area contributed by atoms with Crippen molar-refractivity contribution in [3.05, 3.63) is 97.2 Å². The van der Waals surface area contributed by atoms with Gasteiger partial charge in [-0.1, -0.05) is 124 Å². The van der Waals surface area contributed by atoms with E-state index in [-0.39, 0.29) is 18.9 Å². The van der Waals surface area contributed by atoms with Gasteiger partial charge in [0.05, 0.1) is 32.0 Å². The number of aliphatic hydroxyl groups is 8. The summed E-state index contributed by atoms with van der Waals surface area (Å²) in [4.78, 5) is 13.1. The quantitative estimate of drug-likeness (QED) is 0.0327. The first-order chi connectivity index (χ1) is 30.6. The van der Waals surface area contributed by atoms with E-state index in [2.05, 4.69) is 104 Å². The van der Waals surface area contributed by atoms with Crippen molar-refractivity contribution in [3.63, 3.8) is 0 Å². The molecule has 0 aromatic rings. The Kier molecular flexibility index (Phi) is 31.3. The van der Waals surface area contributed by atoms with Crippen molar-refractivity contribution in [2.24, 2.45) is 0 Å². The van der Waals surface area contributed by atoms with Gasteiger partial charge in [0.2, 0.25) is 5.91 Å². The Bertz CT molecular complexity index is 1420. The van der Waals surface area contributed by atoms with E-state index >= 15 is 0 Å². The fourth-order valence-electron chi connectivity index (χ4n) is 6.70. The van der Waals surface area contributed by atoms with Crippen LogP contribution in [0.25, 0.3) is 0 Å². The van der Waals surface area contributed by atoms with Crippen LogP contribution in [-0.4, -0.2) is 140 Å². The van der Waals surface area contributed by atoms with E-state index in [9.17, 15) is 45.6 Å². The van der Waals surface area contributed by atoms with E-state index in [0.29, 0.717) is 12.8 Å². The molecule has 2 rings (SSSR count). The first kappa shape index (κ1) is 56.0. The van der Waals surface area contributed by atoms with Crippen LogP contribution in [0, 0.1) is 0 Å². The maximum atomic E-state index is 13.1. The number of rotatable bonds is 32. The van der Waals surface area contributed by atoms with Gasteiger partial charge in [-0.2, -0.15) is 0 Å². The van der Waals surface area contributed by atoms with Crippen LogP contribution >= 0.6 is 0 Å². The Morgan fingerprint density at radius 1 is 0.587 bits per heavy atom. The zero-order chi connectivity index (χ0) is 46.1. The monoisotopic (exact) mass is 890 g/mol. The summed E-state index contributed by atoms with van der Waals surface area (Å²) in [6.07, 6.45) is 29.1. The maximum absolute atomic E-state index is 13.1. The molecule has 1 amide bonds. The predicted octanol–water partition coefficient (Wildman–Crippen LogP) is 4.81. The van der Waals surface area contributed by atoms with Crippen LogP contribution in [0.15, 0.2) is 97.2 Å². The number of carbonyl (C=O) groups is 1. The van der Waals surface area contributed by atoms with E-state index in [4.69, 9.17) is 18.9 Å². The lowest BCUT2D eigenvalue weighted by molar-refractivity contribution is -0.359. The number of hydrogen-bond acceptors (Lipinski definition) is 13.